The first kappa shape index (κ1) is 11.1. The predicted molar refractivity (Wildman–Crippen MR) is 58.9 cm³/mol. The van der Waals surface area contributed by atoms with Crippen LogP contribution >= 0.6 is 0 Å². The highest BCUT2D eigenvalue weighted by molar-refractivity contribution is 5.94. The van der Waals surface area contributed by atoms with Gasteiger partial charge in [-0.2, -0.15) is 0 Å². The van der Waals surface area contributed by atoms with Crippen LogP contribution in [0.5, 0.6) is 0 Å². The second kappa shape index (κ2) is 3.57. The first-order valence-electron chi connectivity index (χ1n) is 5.20. The van der Waals surface area contributed by atoms with E-state index >= 15 is 0 Å². The standard InChI is InChI=1S/C12H15NO3/c1-7-9-5-16-11(14)8(9)3-4-10(7)12(2,15)6-13/h3-4,15H,5-6,13H2,1-2H3. The van der Waals surface area contributed by atoms with Crippen molar-refractivity contribution in [3.8, 4) is 0 Å². The summed E-state index contributed by atoms with van der Waals surface area (Å²) in [6.45, 7) is 3.97. The van der Waals surface area contributed by atoms with Crippen molar-refractivity contribution < 1.29 is 14.6 Å². The van der Waals surface area contributed by atoms with Crippen LogP contribution in [0, 0.1) is 6.92 Å². The number of carbonyl (C=O) groups excluding carboxylic acids is 1. The van der Waals surface area contributed by atoms with Crippen LogP contribution in [-0.2, 0) is 16.9 Å². The fraction of sp³-hybridized carbons (Fsp3) is 0.417. The third-order valence-corrected chi connectivity index (χ3v) is 3.14. The summed E-state index contributed by atoms with van der Waals surface area (Å²) in [5.41, 5.74) is 7.56. The van der Waals surface area contributed by atoms with E-state index in [2.05, 4.69) is 0 Å². The van der Waals surface area contributed by atoms with Crippen molar-refractivity contribution in [3.63, 3.8) is 0 Å². The van der Waals surface area contributed by atoms with Crippen LogP contribution in [0.1, 0.15) is 34.0 Å². The largest absolute Gasteiger partial charge is 0.457 e. The molecule has 1 atom stereocenters. The van der Waals surface area contributed by atoms with Gasteiger partial charge in [0.25, 0.3) is 0 Å². The van der Waals surface area contributed by atoms with Gasteiger partial charge in [0.05, 0.1) is 11.2 Å². The first-order valence-corrected chi connectivity index (χ1v) is 5.20. The molecule has 0 radical (unpaired) electrons. The van der Waals surface area contributed by atoms with Crippen molar-refractivity contribution in [3.05, 3.63) is 34.4 Å². The molecule has 16 heavy (non-hydrogen) atoms. The number of hydrogen-bond acceptors (Lipinski definition) is 4. The molecule has 1 aliphatic rings. The lowest BCUT2D eigenvalue weighted by atomic mass is 9.88. The Morgan fingerprint density at radius 1 is 1.56 bits per heavy atom. The monoisotopic (exact) mass is 221 g/mol. The predicted octanol–water partition coefficient (Wildman–Crippen LogP) is 0.832. The number of ether oxygens (including phenoxy) is 1. The van der Waals surface area contributed by atoms with E-state index in [1.165, 1.54) is 0 Å². The van der Waals surface area contributed by atoms with Gasteiger partial charge in [0.15, 0.2) is 0 Å². The Balaban J connectivity index is 2.57. The molecule has 3 N–H and O–H groups in total. The molecule has 0 aliphatic carbocycles. The number of nitrogens with two attached hydrogens (primary N) is 1. The van der Waals surface area contributed by atoms with Crippen LogP contribution in [0.15, 0.2) is 12.1 Å². The highest BCUT2D eigenvalue weighted by atomic mass is 16.5. The van der Waals surface area contributed by atoms with Crippen molar-refractivity contribution in [2.75, 3.05) is 6.54 Å². The lowest BCUT2D eigenvalue weighted by Gasteiger charge is -2.24. The first-order chi connectivity index (χ1) is 7.47. The molecule has 4 heteroatoms. The minimum atomic E-state index is -1.06. The molecule has 0 spiro atoms. The lowest BCUT2D eigenvalue weighted by molar-refractivity contribution is 0.0535. The summed E-state index contributed by atoms with van der Waals surface area (Å²) in [4.78, 5) is 11.3. The second-order valence-electron chi connectivity index (χ2n) is 4.32. The van der Waals surface area contributed by atoms with Crippen molar-refractivity contribution in [1.82, 2.24) is 0 Å². The number of rotatable bonds is 2. The number of aliphatic hydroxyl groups is 1. The Bertz CT molecular complexity index is 452. The molecule has 0 saturated carbocycles. The molecule has 1 aromatic carbocycles. The molecule has 1 heterocycles. The molecular weight excluding hydrogens is 206 g/mol. The molecule has 1 aliphatic heterocycles. The van der Waals surface area contributed by atoms with Gasteiger partial charge in [0.2, 0.25) is 0 Å². The minimum Gasteiger partial charge on any atom is -0.457 e. The van der Waals surface area contributed by atoms with Gasteiger partial charge in [0.1, 0.15) is 6.61 Å². The summed E-state index contributed by atoms with van der Waals surface area (Å²) < 4.78 is 4.95. The van der Waals surface area contributed by atoms with E-state index in [1.807, 2.05) is 6.92 Å². The van der Waals surface area contributed by atoms with Gasteiger partial charge in [-0.1, -0.05) is 6.07 Å². The Labute approximate surface area is 94.0 Å². The number of hydrogen-bond donors (Lipinski definition) is 2. The maximum absolute atomic E-state index is 11.3. The zero-order valence-corrected chi connectivity index (χ0v) is 9.41. The van der Waals surface area contributed by atoms with Crippen molar-refractivity contribution in [2.45, 2.75) is 26.1 Å². The summed E-state index contributed by atoms with van der Waals surface area (Å²) in [6, 6.07) is 3.44. The number of benzene rings is 1. The fourth-order valence-electron chi connectivity index (χ4n) is 2.04. The van der Waals surface area contributed by atoms with E-state index in [0.717, 1.165) is 16.7 Å². The summed E-state index contributed by atoms with van der Waals surface area (Å²) in [5.74, 6) is -0.294. The normalized spacial score (nSPS) is 17.9. The summed E-state index contributed by atoms with van der Waals surface area (Å²) in [7, 11) is 0. The molecule has 2 rings (SSSR count). The van der Waals surface area contributed by atoms with Gasteiger partial charge in [-0.3, -0.25) is 0 Å². The molecule has 1 aromatic rings. The van der Waals surface area contributed by atoms with E-state index in [4.69, 9.17) is 10.5 Å². The highest BCUT2D eigenvalue weighted by Gasteiger charge is 2.29. The molecule has 0 bridgehead atoms. The van der Waals surface area contributed by atoms with E-state index < -0.39 is 5.60 Å². The van der Waals surface area contributed by atoms with Crippen LogP contribution < -0.4 is 5.73 Å². The minimum absolute atomic E-state index is 0.140. The maximum Gasteiger partial charge on any atom is 0.338 e. The van der Waals surface area contributed by atoms with Gasteiger partial charge in [-0.25, -0.2) is 4.79 Å². The molecule has 1 unspecified atom stereocenters. The zero-order valence-electron chi connectivity index (χ0n) is 9.41. The van der Waals surface area contributed by atoms with Gasteiger partial charge >= 0.3 is 5.97 Å². The van der Waals surface area contributed by atoms with Crippen LogP contribution in [0.25, 0.3) is 0 Å². The van der Waals surface area contributed by atoms with E-state index in [0.29, 0.717) is 5.56 Å². The van der Waals surface area contributed by atoms with Crippen LogP contribution in [-0.4, -0.2) is 17.6 Å². The average molecular weight is 221 g/mol. The maximum atomic E-state index is 11.3. The highest BCUT2D eigenvalue weighted by Crippen LogP contribution is 2.31. The Kier molecular flexibility index (Phi) is 2.48. The van der Waals surface area contributed by atoms with Crippen LogP contribution in [0.2, 0.25) is 0 Å². The van der Waals surface area contributed by atoms with Crippen molar-refractivity contribution in [2.24, 2.45) is 5.73 Å². The van der Waals surface area contributed by atoms with Crippen molar-refractivity contribution >= 4 is 5.97 Å². The Morgan fingerprint density at radius 2 is 2.25 bits per heavy atom. The van der Waals surface area contributed by atoms with Gasteiger partial charge in [-0.05, 0) is 31.0 Å². The third kappa shape index (κ3) is 1.50. The van der Waals surface area contributed by atoms with E-state index in [-0.39, 0.29) is 19.1 Å². The van der Waals surface area contributed by atoms with Gasteiger partial charge in [-0.15, -0.1) is 0 Å². The van der Waals surface area contributed by atoms with Crippen molar-refractivity contribution in [1.29, 1.82) is 0 Å². The van der Waals surface area contributed by atoms with Gasteiger partial charge < -0.3 is 15.6 Å². The van der Waals surface area contributed by atoms with Crippen LogP contribution in [0.3, 0.4) is 0 Å². The Morgan fingerprint density at radius 3 is 2.88 bits per heavy atom. The SMILES string of the molecule is Cc1c(C(C)(O)CN)ccc2c1COC2=O. The quantitative estimate of drug-likeness (QED) is 0.725. The lowest BCUT2D eigenvalue weighted by Crippen LogP contribution is -2.32. The number of carbonyl (C=O) groups is 1. The molecular formula is C12H15NO3. The number of esters is 1. The molecule has 0 amide bonds. The summed E-state index contributed by atoms with van der Waals surface area (Å²) >= 11 is 0. The summed E-state index contributed by atoms with van der Waals surface area (Å²) in [5, 5.41) is 10.1. The second-order valence-corrected chi connectivity index (χ2v) is 4.32. The topological polar surface area (TPSA) is 72.6 Å². The number of fused-ring (bicyclic) bond motifs is 1. The molecule has 0 aromatic heterocycles. The summed E-state index contributed by atoms with van der Waals surface area (Å²) in [6.07, 6.45) is 0. The third-order valence-electron chi connectivity index (χ3n) is 3.14. The fourth-order valence-corrected chi connectivity index (χ4v) is 2.04. The molecule has 4 nitrogen and oxygen atoms in total. The molecule has 0 saturated heterocycles. The number of cyclic esters (lactones) is 1. The molecule has 0 fully saturated rings. The van der Waals surface area contributed by atoms with Crippen LogP contribution in [0.4, 0.5) is 0 Å². The Hall–Kier alpha value is -1.39. The zero-order chi connectivity index (χ0) is 11.9. The van der Waals surface area contributed by atoms with E-state index in [1.54, 1.807) is 19.1 Å². The van der Waals surface area contributed by atoms with E-state index in [9.17, 15) is 9.90 Å². The molecule has 86 valence electrons. The van der Waals surface area contributed by atoms with Gasteiger partial charge in [0, 0.05) is 12.1 Å². The smallest absolute Gasteiger partial charge is 0.338 e. The average Bonchev–Trinajstić information content (AvgIpc) is 2.62.